The van der Waals surface area contributed by atoms with Crippen LogP contribution in [0, 0.1) is 3.57 Å². The van der Waals surface area contributed by atoms with Gasteiger partial charge in [-0.25, -0.2) is 0 Å². The van der Waals surface area contributed by atoms with Crippen LogP contribution in [0.5, 0.6) is 11.5 Å². The van der Waals surface area contributed by atoms with E-state index in [4.69, 9.17) is 9.47 Å². The molecule has 0 atom stereocenters. The third-order valence-corrected chi connectivity index (χ3v) is 3.79. The molecule has 21 heavy (non-hydrogen) atoms. The summed E-state index contributed by atoms with van der Waals surface area (Å²) in [5.74, 6) is 1.22. The van der Waals surface area contributed by atoms with Crippen molar-refractivity contribution in [2.75, 3.05) is 20.8 Å². The number of aromatic amines is 1. The van der Waals surface area contributed by atoms with Crippen LogP contribution in [0.15, 0.2) is 24.4 Å². The summed E-state index contributed by atoms with van der Waals surface area (Å²) in [5.41, 5.74) is 1.55. The molecule has 0 spiro atoms. The Hall–Kier alpha value is -1.77. The molecule has 1 aromatic heterocycles. The maximum atomic E-state index is 11.9. The van der Waals surface area contributed by atoms with E-state index in [-0.39, 0.29) is 5.91 Å². The van der Waals surface area contributed by atoms with Gasteiger partial charge in [-0.15, -0.1) is 0 Å². The molecule has 2 N–H and O–H groups in total. The largest absolute Gasteiger partial charge is 0.493 e. The lowest BCUT2D eigenvalue weighted by atomic mass is 10.1. The number of ether oxygens (including phenoxy) is 2. The van der Waals surface area contributed by atoms with Gasteiger partial charge in [0.1, 0.15) is 5.69 Å². The van der Waals surface area contributed by atoms with Gasteiger partial charge in [0, 0.05) is 6.54 Å². The first-order valence-corrected chi connectivity index (χ1v) is 7.41. The van der Waals surface area contributed by atoms with Crippen LogP contribution in [0.2, 0.25) is 0 Å². The number of hydrogen-bond acceptors (Lipinski definition) is 4. The number of nitrogens with zero attached hydrogens (tertiary/aromatic N) is 1. The summed E-state index contributed by atoms with van der Waals surface area (Å²) in [4.78, 5) is 11.9. The smallest absolute Gasteiger partial charge is 0.270 e. The van der Waals surface area contributed by atoms with Gasteiger partial charge in [0.2, 0.25) is 0 Å². The lowest BCUT2D eigenvalue weighted by Gasteiger charge is -2.10. The Morgan fingerprint density at radius 2 is 2.10 bits per heavy atom. The van der Waals surface area contributed by atoms with E-state index in [1.54, 1.807) is 20.4 Å². The molecule has 0 aliphatic carbocycles. The Bertz CT molecular complexity index is 628. The molecule has 0 aliphatic rings. The Labute approximate surface area is 136 Å². The lowest BCUT2D eigenvalue weighted by molar-refractivity contribution is 0.0948. The monoisotopic (exact) mass is 401 g/mol. The van der Waals surface area contributed by atoms with Crippen LogP contribution in [0.4, 0.5) is 0 Å². The number of amides is 1. The molecule has 0 radical (unpaired) electrons. The summed E-state index contributed by atoms with van der Waals surface area (Å²) < 4.78 is 11.2. The molecule has 1 heterocycles. The number of benzene rings is 1. The van der Waals surface area contributed by atoms with Crippen molar-refractivity contribution in [1.29, 1.82) is 0 Å². The van der Waals surface area contributed by atoms with Gasteiger partial charge in [-0.1, -0.05) is 6.07 Å². The SMILES string of the molecule is COc1ccc(CCNC(=O)c2[nH]ncc2I)cc1OC. The summed E-state index contributed by atoms with van der Waals surface area (Å²) in [5, 5.41) is 9.36. The van der Waals surface area contributed by atoms with Gasteiger partial charge in [0.25, 0.3) is 5.91 Å². The maximum Gasteiger partial charge on any atom is 0.270 e. The third kappa shape index (κ3) is 3.87. The average molecular weight is 401 g/mol. The van der Waals surface area contributed by atoms with Crippen molar-refractivity contribution in [2.24, 2.45) is 0 Å². The van der Waals surface area contributed by atoms with Crippen LogP contribution in [0.1, 0.15) is 16.1 Å². The Morgan fingerprint density at radius 1 is 1.33 bits per heavy atom. The number of halogens is 1. The molecule has 1 amide bonds. The van der Waals surface area contributed by atoms with E-state index in [1.807, 2.05) is 18.2 Å². The van der Waals surface area contributed by atoms with E-state index in [1.165, 1.54) is 0 Å². The van der Waals surface area contributed by atoms with Gasteiger partial charge < -0.3 is 14.8 Å². The second-order valence-electron chi connectivity index (χ2n) is 4.29. The number of nitrogens with one attached hydrogen (secondary N) is 2. The first-order valence-electron chi connectivity index (χ1n) is 6.33. The molecule has 7 heteroatoms. The second-order valence-corrected chi connectivity index (χ2v) is 5.45. The summed E-state index contributed by atoms with van der Waals surface area (Å²) in [6.45, 7) is 0.531. The predicted molar refractivity (Wildman–Crippen MR) is 86.9 cm³/mol. The van der Waals surface area contributed by atoms with Crippen LogP contribution in [-0.4, -0.2) is 36.9 Å². The van der Waals surface area contributed by atoms with Gasteiger partial charge in [-0.2, -0.15) is 5.10 Å². The number of rotatable bonds is 6. The fourth-order valence-corrected chi connectivity index (χ4v) is 2.38. The van der Waals surface area contributed by atoms with Crippen LogP contribution in [-0.2, 0) is 6.42 Å². The molecule has 0 fully saturated rings. The molecule has 0 saturated heterocycles. The number of carbonyl (C=O) groups excluding carboxylic acids is 1. The molecule has 6 nitrogen and oxygen atoms in total. The molecule has 112 valence electrons. The maximum absolute atomic E-state index is 11.9. The van der Waals surface area contributed by atoms with Gasteiger partial charge in [0.05, 0.1) is 24.0 Å². The highest BCUT2D eigenvalue weighted by Gasteiger charge is 2.11. The van der Waals surface area contributed by atoms with Crippen molar-refractivity contribution in [2.45, 2.75) is 6.42 Å². The topological polar surface area (TPSA) is 76.2 Å². The zero-order valence-corrected chi connectivity index (χ0v) is 13.9. The van der Waals surface area contributed by atoms with E-state index in [9.17, 15) is 4.79 Å². The van der Waals surface area contributed by atoms with E-state index in [0.717, 1.165) is 9.13 Å². The average Bonchev–Trinajstić information content (AvgIpc) is 2.93. The molecule has 2 rings (SSSR count). The highest BCUT2D eigenvalue weighted by molar-refractivity contribution is 14.1. The summed E-state index contributed by atoms with van der Waals surface area (Å²) >= 11 is 2.07. The fraction of sp³-hybridized carbons (Fsp3) is 0.286. The first kappa shape index (κ1) is 15.6. The molecule has 0 saturated carbocycles. The van der Waals surface area contributed by atoms with Gasteiger partial charge >= 0.3 is 0 Å². The Kier molecular flexibility index (Phi) is 5.43. The van der Waals surface area contributed by atoms with Crippen molar-refractivity contribution in [3.05, 3.63) is 39.2 Å². The molecular weight excluding hydrogens is 385 g/mol. The number of methoxy groups -OCH3 is 2. The molecular formula is C14H16IN3O3. The minimum atomic E-state index is -0.155. The molecule has 0 unspecified atom stereocenters. The van der Waals surface area contributed by atoms with Crippen molar-refractivity contribution in [1.82, 2.24) is 15.5 Å². The molecule has 0 aliphatic heterocycles. The van der Waals surface area contributed by atoms with E-state index in [0.29, 0.717) is 30.2 Å². The minimum Gasteiger partial charge on any atom is -0.493 e. The van der Waals surface area contributed by atoms with Gasteiger partial charge in [0.15, 0.2) is 11.5 Å². The van der Waals surface area contributed by atoms with Crippen molar-refractivity contribution < 1.29 is 14.3 Å². The van der Waals surface area contributed by atoms with Gasteiger partial charge in [-0.3, -0.25) is 9.89 Å². The predicted octanol–water partition coefficient (Wildman–Crippen LogP) is 2.00. The summed E-state index contributed by atoms with van der Waals surface area (Å²) in [6.07, 6.45) is 2.32. The third-order valence-electron chi connectivity index (χ3n) is 2.97. The normalized spacial score (nSPS) is 10.2. The Balaban J connectivity index is 1.92. The van der Waals surface area contributed by atoms with Crippen LogP contribution >= 0.6 is 22.6 Å². The minimum absolute atomic E-state index is 0.155. The highest BCUT2D eigenvalue weighted by Crippen LogP contribution is 2.27. The standard InChI is InChI=1S/C14H16IN3O3/c1-20-11-4-3-9(7-12(11)21-2)5-6-16-14(19)13-10(15)8-17-18-13/h3-4,7-8H,5-6H2,1-2H3,(H,16,19)(H,17,18). The molecule has 2 aromatic rings. The molecule has 1 aromatic carbocycles. The lowest BCUT2D eigenvalue weighted by Crippen LogP contribution is -2.26. The van der Waals surface area contributed by atoms with E-state index >= 15 is 0 Å². The van der Waals surface area contributed by atoms with Crippen LogP contribution in [0.3, 0.4) is 0 Å². The summed E-state index contributed by atoms with van der Waals surface area (Å²) in [7, 11) is 3.20. The second kappa shape index (κ2) is 7.30. The van der Waals surface area contributed by atoms with Gasteiger partial charge in [-0.05, 0) is 46.7 Å². The zero-order chi connectivity index (χ0) is 15.2. The van der Waals surface area contributed by atoms with Crippen LogP contribution < -0.4 is 14.8 Å². The zero-order valence-electron chi connectivity index (χ0n) is 11.8. The van der Waals surface area contributed by atoms with E-state index < -0.39 is 0 Å². The van der Waals surface area contributed by atoms with Crippen molar-refractivity contribution >= 4 is 28.5 Å². The number of aromatic nitrogens is 2. The number of hydrogen-bond donors (Lipinski definition) is 2. The first-order chi connectivity index (χ1) is 10.2. The number of carbonyl (C=O) groups is 1. The van der Waals surface area contributed by atoms with E-state index in [2.05, 4.69) is 38.1 Å². The van der Waals surface area contributed by atoms with Crippen LogP contribution in [0.25, 0.3) is 0 Å². The highest BCUT2D eigenvalue weighted by atomic mass is 127. The Morgan fingerprint density at radius 3 is 2.71 bits per heavy atom. The molecule has 0 bridgehead atoms. The fourth-order valence-electron chi connectivity index (χ4n) is 1.88. The number of H-pyrrole nitrogens is 1. The van der Waals surface area contributed by atoms with Crippen molar-refractivity contribution in [3.63, 3.8) is 0 Å². The summed E-state index contributed by atoms with van der Waals surface area (Å²) in [6, 6.07) is 5.71. The van der Waals surface area contributed by atoms with Crippen molar-refractivity contribution in [3.8, 4) is 11.5 Å². The quantitative estimate of drug-likeness (QED) is 0.727.